The number of nitrogens with zero attached hydrogens (tertiary/aromatic N) is 2. The number of hydrogen-bond donors (Lipinski definition) is 0. The molecule has 1 amide bonds. The molecule has 0 spiro atoms. The van der Waals surface area contributed by atoms with Crippen LogP contribution in [-0.4, -0.2) is 74.9 Å². The van der Waals surface area contributed by atoms with Gasteiger partial charge in [0.1, 0.15) is 12.4 Å². The van der Waals surface area contributed by atoms with E-state index in [4.69, 9.17) is 14.2 Å². The molecule has 178 valence electrons. The zero-order chi connectivity index (χ0) is 23.0. The van der Waals surface area contributed by atoms with Gasteiger partial charge in [-0.15, -0.1) is 0 Å². The van der Waals surface area contributed by atoms with Gasteiger partial charge in [0.05, 0.1) is 26.4 Å². The number of rotatable bonds is 3. The Hall–Kier alpha value is -2.41. The summed E-state index contributed by atoms with van der Waals surface area (Å²) in [5.41, 5.74) is 4.26. The van der Waals surface area contributed by atoms with Gasteiger partial charge < -0.3 is 19.1 Å². The van der Waals surface area contributed by atoms with Crippen molar-refractivity contribution in [2.24, 2.45) is 5.92 Å². The molecule has 33 heavy (non-hydrogen) atoms. The third kappa shape index (κ3) is 6.79. The fourth-order valence-electron chi connectivity index (χ4n) is 4.51. The minimum Gasteiger partial charge on any atom is -0.491 e. The average Bonchev–Trinajstić information content (AvgIpc) is 2.81. The summed E-state index contributed by atoms with van der Waals surface area (Å²) < 4.78 is 17.4. The van der Waals surface area contributed by atoms with Crippen molar-refractivity contribution in [2.45, 2.75) is 26.8 Å². The van der Waals surface area contributed by atoms with E-state index < -0.39 is 0 Å². The number of hydrogen-bond acceptors (Lipinski definition) is 5. The Balaban J connectivity index is 1.59. The van der Waals surface area contributed by atoms with Gasteiger partial charge >= 0.3 is 0 Å². The summed E-state index contributed by atoms with van der Waals surface area (Å²) in [6.45, 7) is 11.6. The van der Waals surface area contributed by atoms with Crippen LogP contribution in [0.1, 0.15) is 40.9 Å². The predicted octanol–water partition coefficient (Wildman–Crippen LogP) is 3.62. The summed E-state index contributed by atoms with van der Waals surface area (Å²) in [6.07, 6.45) is 0.721. The molecule has 2 aromatic carbocycles. The molecule has 2 heterocycles. The molecule has 2 aliphatic rings. The number of amides is 1. The standard InChI is InChI=1S/C27H36N2O4/c1-21(2)19-28-8-11-32-14-15-33-26-7-6-24(27(30)29-9-12-31-13-10-29)18-25(26)17-22-4-3-5-23(16-22)20-28/h3-7,16,18,21H,8-15,17,19-20H2,1-2H3. The van der Waals surface area contributed by atoms with Crippen molar-refractivity contribution >= 4 is 5.91 Å². The Morgan fingerprint density at radius 3 is 2.48 bits per heavy atom. The second-order valence-electron chi connectivity index (χ2n) is 9.31. The van der Waals surface area contributed by atoms with Crippen molar-refractivity contribution < 1.29 is 19.0 Å². The zero-order valence-corrected chi connectivity index (χ0v) is 19.9. The maximum absolute atomic E-state index is 13.1. The van der Waals surface area contributed by atoms with Gasteiger partial charge in [0.2, 0.25) is 0 Å². The normalized spacial score (nSPS) is 18.3. The minimum atomic E-state index is 0.0573. The quantitative estimate of drug-likeness (QED) is 0.712. The van der Waals surface area contributed by atoms with E-state index in [2.05, 4.69) is 43.0 Å². The molecule has 0 atom stereocenters. The number of benzene rings is 2. The lowest BCUT2D eigenvalue weighted by molar-refractivity contribution is 0.0302. The molecule has 6 nitrogen and oxygen atoms in total. The highest BCUT2D eigenvalue weighted by atomic mass is 16.5. The molecular weight excluding hydrogens is 416 g/mol. The summed E-state index contributed by atoms with van der Waals surface area (Å²) in [4.78, 5) is 17.4. The fourth-order valence-corrected chi connectivity index (χ4v) is 4.51. The van der Waals surface area contributed by atoms with E-state index in [1.165, 1.54) is 11.1 Å². The largest absolute Gasteiger partial charge is 0.491 e. The average molecular weight is 453 g/mol. The van der Waals surface area contributed by atoms with Crippen LogP contribution < -0.4 is 4.74 Å². The maximum atomic E-state index is 13.1. The number of carbonyl (C=O) groups excluding carboxylic acids is 1. The number of morpholine rings is 1. The second-order valence-corrected chi connectivity index (χ2v) is 9.31. The molecule has 1 saturated heterocycles. The van der Waals surface area contributed by atoms with Crippen molar-refractivity contribution in [3.8, 4) is 5.75 Å². The van der Waals surface area contributed by atoms with E-state index in [1.807, 2.05) is 23.1 Å². The molecule has 2 aromatic rings. The van der Waals surface area contributed by atoms with Gasteiger partial charge in [0, 0.05) is 44.7 Å². The van der Waals surface area contributed by atoms with Gasteiger partial charge in [-0.05, 0) is 40.8 Å². The van der Waals surface area contributed by atoms with Crippen LogP contribution in [0.3, 0.4) is 0 Å². The van der Waals surface area contributed by atoms with Crippen molar-refractivity contribution in [1.82, 2.24) is 9.80 Å². The van der Waals surface area contributed by atoms with E-state index >= 15 is 0 Å². The van der Waals surface area contributed by atoms with Gasteiger partial charge in [0.15, 0.2) is 0 Å². The third-order valence-electron chi connectivity index (χ3n) is 6.06. The molecular formula is C27H36N2O4. The van der Waals surface area contributed by atoms with Crippen LogP contribution in [0, 0.1) is 5.92 Å². The van der Waals surface area contributed by atoms with Crippen molar-refractivity contribution in [3.63, 3.8) is 0 Å². The highest BCUT2D eigenvalue weighted by Crippen LogP contribution is 2.25. The summed E-state index contributed by atoms with van der Waals surface area (Å²) in [5.74, 6) is 1.48. The van der Waals surface area contributed by atoms with Crippen LogP contribution >= 0.6 is 0 Å². The van der Waals surface area contributed by atoms with Crippen molar-refractivity contribution in [1.29, 1.82) is 0 Å². The number of fused-ring (bicyclic) bond motifs is 3. The van der Waals surface area contributed by atoms with Crippen molar-refractivity contribution in [2.75, 3.05) is 59.2 Å². The molecule has 0 unspecified atom stereocenters. The highest BCUT2D eigenvalue weighted by Gasteiger charge is 2.20. The molecule has 2 bridgehead atoms. The van der Waals surface area contributed by atoms with E-state index in [0.717, 1.165) is 37.4 Å². The molecule has 2 aliphatic heterocycles. The van der Waals surface area contributed by atoms with Gasteiger partial charge in [-0.25, -0.2) is 0 Å². The van der Waals surface area contributed by atoms with Crippen LogP contribution in [-0.2, 0) is 22.4 Å². The molecule has 0 saturated carbocycles. The lowest BCUT2D eigenvalue weighted by atomic mass is 9.99. The molecule has 1 fully saturated rings. The second kappa shape index (κ2) is 11.6. The summed E-state index contributed by atoms with van der Waals surface area (Å²) in [5, 5.41) is 0. The summed E-state index contributed by atoms with van der Waals surface area (Å²) >= 11 is 0. The lowest BCUT2D eigenvalue weighted by Gasteiger charge is -2.27. The minimum absolute atomic E-state index is 0.0573. The van der Waals surface area contributed by atoms with Crippen LogP contribution in [0.4, 0.5) is 0 Å². The highest BCUT2D eigenvalue weighted by molar-refractivity contribution is 5.94. The van der Waals surface area contributed by atoms with Gasteiger partial charge in [0.25, 0.3) is 5.91 Å². The first-order valence-corrected chi connectivity index (χ1v) is 12.1. The SMILES string of the molecule is CC(C)CN1CCOCCOc2ccc(C(=O)N3CCOCC3)cc2Cc2cccc(c2)C1. The first kappa shape index (κ1) is 23.7. The van der Waals surface area contributed by atoms with E-state index in [1.54, 1.807) is 0 Å². The van der Waals surface area contributed by atoms with Crippen LogP contribution in [0.25, 0.3) is 0 Å². The first-order chi connectivity index (χ1) is 16.1. The third-order valence-corrected chi connectivity index (χ3v) is 6.06. The smallest absolute Gasteiger partial charge is 0.254 e. The Morgan fingerprint density at radius 1 is 0.909 bits per heavy atom. The zero-order valence-electron chi connectivity index (χ0n) is 19.9. The van der Waals surface area contributed by atoms with E-state index in [9.17, 15) is 4.79 Å². The maximum Gasteiger partial charge on any atom is 0.254 e. The van der Waals surface area contributed by atoms with Crippen molar-refractivity contribution in [3.05, 3.63) is 64.7 Å². The summed E-state index contributed by atoms with van der Waals surface area (Å²) in [7, 11) is 0. The molecule has 0 aromatic heterocycles. The summed E-state index contributed by atoms with van der Waals surface area (Å²) in [6, 6.07) is 14.6. The Bertz CT molecular complexity index is 924. The van der Waals surface area contributed by atoms with E-state index in [0.29, 0.717) is 57.6 Å². The predicted molar refractivity (Wildman–Crippen MR) is 129 cm³/mol. The Kier molecular flexibility index (Phi) is 8.37. The topological polar surface area (TPSA) is 51.2 Å². The number of carbonyl (C=O) groups is 1. The van der Waals surface area contributed by atoms with Crippen LogP contribution in [0.5, 0.6) is 5.75 Å². The Labute approximate surface area is 197 Å². The first-order valence-electron chi connectivity index (χ1n) is 12.1. The monoisotopic (exact) mass is 452 g/mol. The van der Waals surface area contributed by atoms with Gasteiger partial charge in [-0.1, -0.05) is 38.1 Å². The van der Waals surface area contributed by atoms with E-state index in [-0.39, 0.29) is 5.91 Å². The van der Waals surface area contributed by atoms with Gasteiger partial charge in [-0.2, -0.15) is 0 Å². The van der Waals surface area contributed by atoms with Crippen LogP contribution in [0.2, 0.25) is 0 Å². The lowest BCUT2D eigenvalue weighted by Crippen LogP contribution is -2.40. The number of ether oxygens (including phenoxy) is 3. The molecule has 4 rings (SSSR count). The Morgan fingerprint density at radius 2 is 1.67 bits per heavy atom. The molecule has 6 heteroatoms. The van der Waals surface area contributed by atoms with Crippen LogP contribution in [0.15, 0.2) is 42.5 Å². The molecule has 0 aliphatic carbocycles. The molecule has 0 N–H and O–H groups in total. The fraction of sp³-hybridized carbons (Fsp3) is 0.519. The molecule has 0 radical (unpaired) electrons. The van der Waals surface area contributed by atoms with Gasteiger partial charge in [-0.3, -0.25) is 9.69 Å².